The highest BCUT2D eigenvalue weighted by Gasteiger charge is 2.26. The molecule has 1 fully saturated rings. The van der Waals surface area contributed by atoms with Crippen molar-refractivity contribution in [1.29, 1.82) is 0 Å². The lowest BCUT2D eigenvalue weighted by atomic mass is 10.1. The number of carbonyl (C=O) groups is 3. The number of hydrogen-bond acceptors (Lipinski definition) is 4. The third-order valence-corrected chi connectivity index (χ3v) is 5.04. The van der Waals surface area contributed by atoms with E-state index >= 15 is 0 Å². The Kier molecular flexibility index (Phi) is 7.41. The van der Waals surface area contributed by atoms with E-state index in [2.05, 4.69) is 10.6 Å². The number of morpholine rings is 1. The van der Waals surface area contributed by atoms with Crippen molar-refractivity contribution in [2.24, 2.45) is 0 Å². The number of benzene rings is 2. The van der Waals surface area contributed by atoms with Crippen LogP contribution < -0.4 is 10.6 Å². The first-order valence-electron chi connectivity index (χ1n) is 10.5. The molecule has 3 rings (SSSR count). The van der Waals surface area contributed by atoms with Crippen molar-refractivity contribution < 1.29 is 19.1 Å². The third-order valence-electron chi connectivity index (χ3n) is 5.04. The average Bonchev–Trinajstić information content (AvgIpc) is 2.72. The van der Waals surface area contributed by atoms with Crippen LogP contribution in [0.4, 0.5) is 5.69 Å². The summed E-state index contributed by atoms with van der Waals surface area (Å²) in [7, 11) is 0. The maximum Gasteiger partial charge on any atom is 0.254 e. The Morgan fingerprint density at radius 3 is 2.10 bits per heavy atom. The summed E-state index contributed by atoms with van der Waals surface area (Å²) in [5, 5.41) is 5.59. The van der Waals surface area contributed by atoms with Crippen LogP contribution in [0.5, 0.6) is 0 Å². The molecular weight excluding hydrogens is 394 g/mol. The minimum atomic E-state index is -0.132. The zero-order valence-corrected chi connectivity index (χ0v) is 18.2. The first-order chi connectivity index (χ1) is 14.8. The molecule has 2 aromatic carbocycles. The molecule has 1 saturated heterocycles. The van der Waals surface area contributed by atoms with Crippen LogP contribution in [-0.2, 0) is 27.3 Å². The van der Waals surface area contributed by atoms with Gasteiger partial charge < -0.3 is 20.3 Å². The van der Waals surface area contributed by atoms with Gasteiger partial charge in [0, 0.05) is 37.8 Å². The standard InChI is InChI=1S/C24H29N3O4/c1-16-14-27(15-17(2)31-16)24(30)21-8-4-20(5-9-21)13-25-23(29)12-19-6-10-22(11-7-19)26-18(3)28/h4-11,16-17H,12-15H2,1-3H3,(H,25,29)(H,26,28). The molecule has 0 aromatic heterocycles. The summed E-state index contributed by atoms with van der Waals surface area (Å²) in [6.45, 7) is 6.97. The van der Waals surface area contributed by atoms with E-state index in [1.807, 2.05) is 43.0 Å². The van der Waals surface area contributed by atoms with E-state index < -0.39 is 0 Å². The first kappa shape index (κ1) is 22.5. The zero-order valence-electron chi connectivity index (χ0n) is 18.2. The SMILES string of the molecule is CC(=O)Nc1ccc(CC(=O)NCc2ccc(C(=O)N3CC(C)OC(C)C3)cc2)cc1. The molecule has 2 atom stereocenters. The van der Waals surface area contributed by atoms with Crippen molar-refractivity contribution in [2.75, 3.05) is 18.4 Å². The fourth-order valence-electron chi connectivity index (χ4n) is 3.65. The molecule has 31 heavy (non-hydrogen) atoms. The van der Waals surface area contributed by atoms with E-state index in [1.54, 1.807) is 24.3 Å². The number of nitrogens with one attached hydrogen (secondary N) is 2. The van der Waals surface area contributed by atoms with Gasteiger partial charge in [0.05, 0.1) is 18.6 Å². The van der Waals surface area contributed by atoms with Crippen LogP contribution in [0.1, 0.15) is 42.3 Å². The number of ether oxygens (including phenoxy) is 1. The molecule has 164 valence electrons. The van der Waals surface area contributed by atoms with Crippen molar-refractivity contribution in [3.05, 3.63) is 65.2 Å². The van der Waals surface area contributed by atoms with Gasteiger partial charge in [-0.15, -0.1) is 0 Å². The molecule has 0 radical (unpaired) electrons. The minimum Gasteiger partial charge on any atom is -0.372 e. The van der Waals surface area contributed by atoms with E-state index in [0.29, 0.717) is 30.9 Å². The quantitative estimate of drug-likeness (QED) is 0.748. The molecule has 2 unspecified atom stereocenters. The zero-order chi connectivity index (χ0) is 22.4. The molecule has 2 aromatic rings. The first-order valence-corrected chi connectivity index (χ1v) is 10.5. The van der Waals surface area contributed by atoms with Crippen LogP contribution in [0.3, 0.4) is 0 Å². The van der Waals surface area contributed by atoms with E-state index in [9.17, 15) is 14.4 Å². The summed E-state index contributed by atoms with van der Waals surface area (Å²) in [5.74, 6) is -0.226. The Morgan fingerprint density at radius 1 is 0.935 bits per heavy atom. The van der Waals surface area contributed by atoms with Gasteiger partial charge in [0.25, 0.3) is 5.91 Å². The summed E-state index contributed by atoms with van der Waals surface area (Å²) in [6.07, 6.45) is 0.317. The lowest BCUT2D eigenvalue weighted by molar-refractivity contribution is -0.120. The molecule has 0 aliphatic carbocycles. The van der Waals surface area contributed by atoms with Crippen LogP contribution in [0, 0.1) is 0 Å². The normalized spacial score (nSPS) is 18.4. The lowest BCUT2D eigenvalue weighted by Crippen LogP contribution is -2.48. The van der Waals surface area contributed by atoms with Gasteiger partial charge in [-0.05, 0) is 49.2 Å². The molecule has 1 heterocycles. The van der Waals surface area contributed by atoms with Gasteiger partial charge >= 0.3 is 0 Å². The van der Waals surface area contributed by atoms with E-state index in [4.69, 9.17) is 4.74 Å². The third kappa shape index (κ3) is 6.65. The molecule has 0 spiro atoms. The molecule has 3 amide bonds. The predicted molar refractivity (Wildman–Crippen MR) is 119 cm³/mol. The topological polar surface area (TPSA) is 87.7 Å². The largest absolute Gasteiger partial charge is 0.372 e. The van der Waals surface area contributed by atoms with Crippen molar-refractivity contribution in [2.45, 2.75) is 45.9 Å². The number of amides is 3. The second kappa shape index (κ2) is 10.2. The van der Waals surface area contributed by atoms with Crippen molar-refractivity contribution in [1.82, 2.24) is 10.2 Å². The van der Waals surface area contributed by atoms with Crippen LogP contribution in [-0.4, -0.2) is 47.9 Å². The molecule has 7 nitrogen and oxygen atoms in total. The van der Waals surface area contributed by atoms with Gasteiger partial charge in [-0.25, -0.2) is 0 Å². The van der Waals surface area contributed by atoms with E-state index in [1.165, 1.54) is 6.92 Å². The van der Waals surface area contributed by atoms with Gasteiger partial charge in [-0.2, -0.15) is 0 Å². The number of anilines is 1. The van der Waals surface area contributed by atoms with Gasteiger partial charge in [0.2, 0.25) is 11.8 Å². The summed E-state index contributed by atoms with van der Waals surface area (Å²) in [6, 6.07) is 14.5. The lowest BCUT2D eigenvalue weighted by Gasteiger charge is -2.35. The molecule has 7 heteroatoms. The van der Waals surface area contributed by atoms with Crippen LogP contribution in [0.15, 0.2) is 48.5 Å². The Hall–Kier alpha value is -3.19. The maximum atomic E-state index is 12.7. The summed E-state index contributed by atoms with van der Waals surface area (Å²) in [4.78, 5) is 37.9. The van der Waals surface area contributed by atoms with Crippen molar-refractivity contribution in [3.63, 3.8) is 0 Å². The molecule has 1 aliphatic heterocycles. The second-order valence-electron chi connectivity index (χ2n) is 8.00. The van der Waals surface area contributed by atoms with Crippen LogP contribution >= 0.6 is 0 Å². The molecule has 1 aliphatic rings. The monoisotopic (exact) mass is 423 g/mol. The van der Waals surface area contributed by atoms with Gasteiger partial charge in [0.1, 0.15) is 0 Å². The Labute approximate surface area is 182 Å². The number of carbonyl (C=O) groups excluding carboxylic acids is 3. The van der Waals surface area contributed by atoms with Crippen molar-refractivity contribution in [3.8, 4) is 0 Å². The number of hydrogen-bond donors (Lipinski definition) is 2. The summed E-state index contributed by atoms with van der Waals surface area (Å²) in [5.41, 5.74) is 3.12. The van der Waals surface area contributed by atoms with Crippen molar-refractivity contribution >= 4 is 23.4 Å². The highest BCUT2D eigenvalue weighted by molar-refractivity contribution is 5.94. The van der Waals surface area contributed by atoms with Crippen LogP contribution in [0.25, 0.3) is 0 Å². The molecule has 0 bridgehead atoms. The smallest absolute Gasteiger partial charge is 0.254 e. The van der Waals surface area contributed by atoms with E-state index in [-0.39, 0.29) is 36.4 Å². The fourth-order valence-corrected chi connectivity index (χ4v) is 3.65. The highest BCUT2D eigenvalue weighted by Crippen LogP contribution is 2.15. The fraction of sp³-hybridized carbons (Fsp3) is 0.375. The summed E-state index contributed by atoms with van der Waals surface area (Å²) < 4.78 is 5.69. The van der Waals surface area contributed by atoms with Gasteiger partial charge in [-0.1, -0.05) is 24.3 Å². The van der Waals surface area contributed by atoms with Gasteiger partial charge in [-0.3, -0.25) is 14.4 Å². The second-order valence-corrected chi connectivity index (χ2v) is 8.00. The minimum absolute atomic E-state index is 0.000273. The molecule has 2 N–H and O–H groups in total. The number of rotatable bonds is 6. The van der Waals surface area contributed by atoms with E-state index in [0.717, 1.165) is 11.1 Å². The summed E-state index contributed by atoms with van der Waals surface area (Å²) >= 11 is 0. The highest BCUT2D eigenvalue weighted by atomic mass is 16.5. The molecular formula is C24H29N3O4. The van der Waals surface area contributed by atoms with Gasteiger partial charge in [0.15, 0.2) is 0 Å². The maximum absolute atomic E-state index is 12.7. The Morgan fingerprint density at radius 2 is 1.52 bits per heavy atom. The molecule has 0 saturated carbocycles. The average molecular weight is 424 g/mol. The van der Waals surface area contributed by atoms with Crippen LogP contribution in [0.2, 0.25) is 0 Å². The number of nitrogens with zero attached hydrogens (tertiary/aromatic N) is 1. The predicted octanol–water partition coefficient (Wildman–Crippen LogP) is 2.75. The Balaban J connectivity index is 1.49. The Bertz CT molecular complexity index is 915.